The largest absolute Gasteiger partial charge is 0.394 e. The first-order chi connectivity index (χ1) is 20.8. The average molecular weight is 599 g/mol. The molecule has 1 amide bonds. The summed E-state index contributed by atoms with van der Waals surface area (Å²) in [5, 5.41) is 48.2. The standard InChI is InChI=1S/C29H32F2N6O6/c1-42-27-24(36-13-20(34-35-36)15-5-2-6-16(30)11-15)26(40)23(14-38)43-28(27)29(41)33-19-8-4-10-22(25(19)39)37-21-9-3-7-18(31)17(21)12-32-37/h2-3,5-7,9,11-13,19,22-28,38-40H,4,8,10,14H2,1H3,(H,33,41)/t19-,22+,23-,24+,25+,26+,27-,28-/m1/s1. The predicted octanol–water partition coefficient (Wildman–Crippen LogP) is 1.52. The van der Waals surface area contributed by atoms with Crippen LogP contribution in [0.15, 0.2) is 54.9 Å². The molecule has 3 heterocycles. The van der Waals surface area contributed by atoms with E-state index in [1.54, 1.807) is 22.9 Å². The minimum Gasteiger partial charge on any atom is -0.394 e. The lowest BCUT2D eigenvalue weighted by molar-refractivity contribution is -0.213. The highest BCUT2D eigenvalue weighted by molar-refractivity contribution is 5.82. The molecule has 2 aromatic carbocycles. The summed E-state index contributed by atoms with van der Waals surface area (Å²) in [7, 11) is 1.35. The Morgan fingerprint density at radius 2 is 1.98 bits per heavy atom. The van der Waals surface area contributed by atoms with Gasteiger partial charge in [0.25, 0.3) is 5.91 Å². The first-order valence-electron chi connectivity index (χ1n) is 14.1. The van der Waals surface area contributed by atoms with Crippen LogP contribution in [0.1, 0.15) is 31.3 Å². The van der Waals surface area contributed by atoms with Gasteiger partial charge in [-0.1, -0.05) is 23.4 Å². The van der Waals surface area contributed by atoms with Crippen LogP contribution in [0.4, 0.5) is 8.78 Å². The van der Waals surface area contributed by atoms with Gasteiger partial charge in [0.05, 0.1) is 48.1 Å². The molecule has 0 unspecified atom stereocenters. The van der Waals surface area contributed by atoms with Crippen molar-refractivity contribution in [2.24, 2.45) is 0 Å². The second-order valence-corrected chi connectivity index (χ2v) is 10.9. The van der Waals surface area contributed by atoms with Gasteiger partial charge in [-0.05, 0) is 43.5 Å². The number of aromatic nitrogens is 5. The van der Waals surface area contributed by atoms with Gasteiger partial charge >= 0.3 is 0 Å². The van der Waals surface area contributed by atoms with Crippen molar-refractivity contribution in [3.05, 3.63) is 66.5 Å². The fraction of sp³-hybridized carbons (Fsp3) is 0.448. The molecule has 1 aliphatic heterocycles. The Labute approximate surface area is 244 Å². The number of carbonyl (C=O) groups is 1. The van der Waals surface area contributed by atoms with E-state index in [9.17, 15) is 28.9 Å². The molecule has 12 nitrogen and oxygen atoms in total. The fourth-order valence-corrected chi connectivity index (χ4v) is 6.22. The highest BCUT2D eigenvalue weighted by Gasteiger charge is 2.50. The Bertz CT molecular complexity index is 1600. The maximum atomic E-state index is 14.3. The van der Waals surface area contributed by atoms with Crippen molar-refractivity contribution < 1.29 is 38.4 Å². The number of amides is 1. The SMILES string of the molecule is CO[C@@H]1[C@@H](n2cc(-c3cccc(F)c3)nn2)[C@@H](O)[C@@H](CO)O[C@H]1C(=O)N[C@@H]1CCC[C@H](n2ncc3c(F)cccc32)[C@H]1O. The number of fused-ring (bicyclic) bond motifs is 1. The number of halogens is 2. The van der Waals surface area contributed by atoms with E-state index >= 15 is 0 Å². The number of rotatable bonds is 7. The number of hydrogen-bond acceptors (Lipinski definition) is 9. The van der Waals surface area contributed by atoms with Crippen LogP contribution in [0.3, 0.4) is 0 Å². The highest BCUT2D eigenvalue weighted by Crippen LogP contribution is 2.35. The van der Waals surface area contributed by atoms with Gasteiger partial charge in [-0.25, -0.2) is 13.5 Å². The molecule has 2 aromatic heterocycles. The van der Waals surface area contributed by atoms with Crippen LogP contribution in [0, 0.1) is 11.6 Å². The lowest BCUT2D eigenvalue weighted by Crippen LogP contribution is -2.62. The average Bonchev–Trinajstić information content (AvgIpc) is 3.66. The lowest BCUT2D eigenvalue weighted by Gasteiger charge is -2.43. The first kappa shape index (κ1) is 29.3. The molecule has 1 saturated heterocycles. The van der Waals surface area contributed by atoms with E-state index in [4.69, 9.17) is 9.47 Å². The van der Waals surface area contributed by atoms with E-state index in [-0.39, 0.29) is 0 Å². The number of nitrogens with zero attached hydrogens (tertiary/aromatic N) is 5. The molecule has 1 saturated carbocycles. The summed E-state index contributed by atoms with van der Waals surface area (Å²) < 4.78 is 42.5. The van der Waals surface area contributed by atoms with Gasteiger partial charge in [0.15, 0.2) is 6.10 Å². The molecule has 6 rings (SSSR count). The van der Waals surface area contributed by atoms with E-state index in [1.807, 2.05) is 0 Å². The molecule has 1 aliphatic carbocycles. The summed E-state index contributed by atoms with van der Waals surface area (Å²) in [5.41, 5.74) is 1.33. The van der Waals surface area contributed by atoms with Gasteiger partial charge < -0.3 is 30.1 Å². The summed E-state index contributed by atoms with van der Waals surface area (Å²) >= 11 is 0. The molecular formula is C29H32F2N6O6. The molecule has 8 atom stereocenters. The minimum absolute atomic E-state index is 0.331. The minimum atomic E-state index is -1.33. The number of aliphatic hydroxyl groups is 3. The Kier molecular flexibility index (Phi) is 8.20. The predicted molar refractivity (Wildman–Crippen MR) is 148 cm³/mol. The number of ether oxygens (including phenoxy) is 2. The molecule has 43 heavy (non-hydrogen) atoms. The van der Waals surface area contributed by atoms with Gasteiger partial charge in [0.2, 0.25) is 0 Å². The maximum absolute atomic E-state index is 14.3. The monoisotopic (exact) mass is 598 g/mol. The topological polar surface area (TPSA) is 157 Å². The maximum Gasteiger partial charge on any atom is 0.252 e. The van der Waals surface area contributed by atoms with Crippen LogP contribution in [0.2, 0.25) is 0 Å². The van der Waals surface area contributed by atoms with Gasteiger partial charge in [0, 0.05) is 12.7 Å². The van der Waals surface area contributed by atoms with Crippen molar-refractivity contribution in [2.75, 3.05) is 13.7 Å². The molecule has 0 radical (unpaired) electrons. The fourth-order valence-electron chi connectivity index (χ4n) is 6.22. The van der Waals surface area contributed by atoms with Crippen molar-refractivity contribution in [3.8, 4) is 11.3 Å². The van der Waals surface area contributed by atoms with Crippen molar-refractivity contribution in [2.45, 2.75) is 67.9 Å². The third kappa shape index (κ3) is 5.40. The van der Waals surface area contributed by atoms with Crippen LogP contribution >= 0.6 is 0 Å². The summed E-state index contributed by atoms with van der Waals surface area (Å²) in [5.74, 6) is -1.48. The van der Waals surface area contributed by atoms with Crippen LogP contribution in [0.25, 0.3) is 22.2 Å². The Balaban J connectivity index is 1.23. The van der Waals surface area contributed by atoms with Gasteiger partial charge in [-0.3, -0.25) is 9.48 Å². The zero-order chi connectivity index (χ0) is 30.2. The van der Waals surface area contributed by atoms with Crippen LogP contribution < -0.4 is 5.32 Å². The lowest BCUT2D eigenvalue weighted by atomic mass is 9.87. The molecule has 4 N–H and O–H groups in total. The number of carbonyl (C=O) groups excluding carboxylic acids is 1. The number of hydrogen-bond donors (Lipinski definition) is 4. The second kappa shape index (κ2) is 12.1. The molecule has 0 bridgehead atoms. The number of nitrogens with one attached hydrogen (secondary N) is 1. The smallest absolute Gasteiger partial charge is 0.252 e. The summed E-state index contributed by atoms with van der Waals surface area (Å²) in [6, 6.07) is 8.22. The zero-order valence-corrected chi connectivity index (χ0v) is 23.2. The zero-order valence-electron chi connectivity index (χ0n) is 23.2. The summed E-state index contributed by atoms with van der Waals surface area (Å²) in [4.78, 5) is 13.7. The first-order valence-corrected chi connectivity index (χ1v) is 14.1. The number of benzene rings is 2. The number of methoxy groups -OCH3 is 1. The molecular weight excluding hydrogens is 566 g/mol. The molecule has 4 aromatic rings. The van der Waals surface area contributed by atoms with Crippen LogP contribution in [0.5, 0.6) is 0 Å². The van der Waals surface area contributed by atoms with E-state index < -0.39 is 72.8 Å². The van der Waals surface area contributed by atoms with Crippen molar-refractivity contribution >= 4 is 16.8 Å². The molecule has 2 aliphatic rings. The molecule has 228 valence electrons. The normalized spacial score (nSPS) is 29.5. The quantitative estimate of drug-likeness (QED) is 0.248. The van der Waals surface area contributed by atoms with Gasteiger partial charge in [-0.2, -0.15) is 5.10 Å². The van der Waals surface area contributed by atoms with E-state index in [1.165, 1.54) is 48.5 Å². The molecule has 14 heteroatoms. The number of aliphatic hydroxyl groups excluding tert-OH is 3. The van der Waals surface area contributed by atoms with Crippen molar-refractivity contribution in [1.82, 2.24) is 30.1 Å². The van der Waals surface area contributed by atoms with Crippen molar-refractivity contribution in [1.29, 1.82) is 0 Å². The Morgan fingerprint density at radius 3 is 2.74 bits per heavy atom. The van der Waals surface area contributed by atoms with Crippen LogP contribution in [-0.4, -0.2) is 96.3 Å². The van der Waals surface area contributed by atoms with Gasteiger partial charge in [0.1, 0.15) is 41.7 Å². The third-order valence-corrected chi connectivity index (χ3v) is 8.39. The van der Waals surface area contributed by atoms with E-state index in [2.05, 4.69) is 20.7 Å². The summed E-state index contributed by atoms with van der Waals surface area (Å²) in [6.07, 6.45) is -1.31. The molecule has 2 fully saturated rings. The second-order valence-electron chi connectivity index (χ2n) is 10.9. The molecule has 0 spiro atoms. The van der Waals surface area contributed by atoms with Gasteiger partial charge in [-0.15, -0.1) is 5.10 Å². The highest BCUT2D eigenvalue weighted by atomic mass is 19.1. The third-order valence-electron chi connectivity index (χ3n) is 8.39. The van der Waals surface area contributed by atoms with Crippen LogP contribution in [-0.2, 0) is 14.3 Å². The Morgan fingerprint density at radius 1 is 1.16 bits per heavy atom. The Hall–Kier alpha value is -3.82. The van der Waals surface area contributed by atoms with E-state index in [0.29, 0.717) is 41.4 Å². The van der Waals surface area contributed by atoms with Crippen molar-refractivity contribution in [3.63, 3.8) is 0 Å². The van der Waals surface area contributed by atoms with E-state index in [0.717, 1.165) is 0 Å². The summed E-state index contributed by atoms with van der Waals surface area (Å²) in [6.45, 7) is -0.597.